The molecular weight excluding hydrogens is 192 g/mol. The maximum absolute atomic E-state index is 4.92. The number of rotatable bonds is 7. The molecule has 0 bridgehead atoms. The van der Waals surface area contributed by atoms with E-state index in [4.69, 9.17) is 4.74 Å². The molecule has 0 aliphatic carbocycles. The van der Waals surface area contributed by atoms with Crippen LogP contribution in [-0.4, -0.2) is 41.8 Å². The van der Waals surface area contributed by atoms with Gasteiger partial charge in [0.05, 0.1) is 18.5 Å². The van der Waals surface area contributed by atoms with E-state index in [9.17, 15) is 0 Å². The smallest absolute Gasteiger partial charge is 0.0806 e. The Morgan fingerprint density at radius 3 is 3.07 bits per heavy atom. The molecule has 0 radical (unpaired) electrons. The minimum atomic E-state index is 0.759. The molecule has 1 heterocycles. The highest BCUT2D eigenvalue weighted by atomic mass is 16.5. The maximum atomic E-state index is 4.92. The first kappa shape index (κ1) is 11.9. The van der Waals surface area contributed by atoms with Crippen LogP contribution in [0.25, 0.3) is 6.08 Å². The van der Waals surface area contributed by atoms with Crippen LogP contribution in [0.15, 0.2) is 12.3 Å². The molecule has 0 saturated carbocycles. The van der Waals surface area contributed by atoms with Crippen molar-refractivity contribution in [1.29, 1.82) is 0 Å². The molecule has 5 nitrogen and oxygen atoms in total. The van der Waals surface area contributed by atoms with Gasteiger partial charge < -0.3 is 10.1 Å². The predicted molar refractivity (Wildman–Crippen MR) is 59.4 cm³/mol. The SMILES string of the molecule is COCCNCC/C=C/c1cnnn1C. The van der Waals surface area contributed by atoms with Gasteiger partial charge in [-0.15, -0.1) is 5.10 Å². The summed E-state index contributed by atoms with van der Waals surface area (Å²) in [4.78, 5) is 0. The highest BCUT2D eigenvalue weighted by molar-refractivity contribution is 5.42. The summed E-state index contributed by atoms with van der Waals surface area (Å²) < 4.78 is 6.67. The fourth-order valence-corrected chi connectivity index (χ4v) is 1.14. The van der Waals surface area contributed by atoms with Gasteiger partial charge in [-0.2, -0.15) is 0 Å². The first-order chi connectivity index (χ1) is 7.34. The Kier molecular flexibility index (Phi) is 5.65. The Hall–Kier alpha value is -1.20. The van der Waals surface area contributed by atoms with Crippen molar-refractivity contribution in [2.24, 2.45) is 7.05 Å². The molecule has 0 aromatic carbocycles. The van der Waals surface area contributed by atoms with Crippen molar-refractivity contribution in [3.8, 4) is 0 Å². The van der Waals surface area contributed by atoms with Crippen molar-refractivity contribution >= 4 is 6.08 Å². The molecule has 0 saturated heterocycles. The van der Waals surface area contributed by atoms with Crippen LogP contribution >= 0.6 is 0 Å². The molecule has 84 valence electrons. The number of nitrogens with one attached hydrogen (secondary N) is 1. The second-order valence-electron chi connectivity index (χ2n) is 3.22. The number of ether oxygens (including phenoxy) is 1. The molecule has 0 atom stereocenters. The van der Waals surface area contributed by atoms with Gasteiger partial charge in [0.1, 0.15) is 0 Å². The van der Waals surface area contributed by atoms with Gasteiger partial charge in [-0.25, -0.2) is 4.68 Å². The molecule has 0 spiro atoms. The topological polar surface area (TPSA) is 52.0 Å². The Balaban J connectivity index is 2.10. The van der Waals surface area contributed by atoms with Crippen molar-refractivity contribution in [2.45, 2.75) is 6.42 Å². The van der Waals surface area contributed by atoms with E-state index in [0.29, 0.717) is 0 Å². The Labute approximate surface area is 90.1 Å². The Morgan fingerprint density at radius 1 is 1.53 bits per heavy atom. The van der Waals surface area contributed by atoms with Crippen LogP contribution in [0, 0.1) is 0 Å². The third kappa shape index (κ3) is 4.71. The summed E-state index contributed by atoms with van der Waals surface area (Å²) in [5.74, 6) is 0. The lowest BCUT2D eigenvalue weighted by Crippen LogP contribution is -2.19. The van der Waals surface area contributed by atoms with Crippen LogP contribution < -0.4 is 5.32 Å². The zero-order valence-electron chi connectivity index (χ0n) is 9.31. The number of hydrogen-bond acceptors (Lipinski definition) is 4. The second-order valence-corrected chi connectivity index (χ2v) is 3.22. The molecule has 5 heteroatoms. The average molecular weight is 210 g/mol. The monoisotopic (exact) mass is 210 g/mol. The molecule has 0 aliphatic rings. The van der Waals surface area contributed by atoms with Gasteiger partial charge >= 0.3 is 0 Å². The fraction of sp³-hybridized carbons (Fsp3) is 0.600. The molecule has 1 N–H and O–H groups in total. The van der Waals surface area contributed by atoms with Gasteiger partial charge in [-0.3, -0.25) is 0 Å². The van der Waals surface area contributed by atoms with Gasteiger partial charge in [0.25, 0.3) is 0 Å². The first-order valence-electron chi connectivity index (χ1n) is 5.05. The lowest BCUT2D eigenvalue weighted by atomic mass is 10.3. The first-order valence-corrected chi connectivity index (χ1v) is 5.05. The molecule has 0 aliphatic heterocycles. The van der Waals surface area contributed by atoms with Gasteiger partial charge in [0, 0.05) is 20.7 Å². The normalized spacial score (nSPS) is 11.3. The third-order valence-electron chi connectivity index (χ3n) is 2.01. The molecular formula is C10H18N4O. The number of hydrogen-bond donors (Lipinski definition) is 1. The van der Waals surface area contributed by atoms with Crippen LogP contribution in [0.5, 0.6) is 0 Å². The number of aromatic nitrogens is 3. The number of aryl methyl sites for hydroxylation is 1. The molecule has 1 rings (SSSR count). The van der Waals surface area contributed by atoms with E-state index in [2.05, 4.69) is 21.7 Å². The zero-order valence-corrected chi connectivity index (χ0v) is 9.31. The second kappa shape index (κ2) is 7.14. The fourth-order valence-electron chi connectivity index (χ4n) is 1.14. The Bertz CT molecular complexity index is 295. The summed E-state index contributed by atoms with van der Waals surface area (Å²) in [6.45, 7) is 2.62. The van der Waals surface area contributed by atoms with E-state index in [1.54, 1.807) is 18.0 Å². The van der Waals surface area contributed by atoms with E-state index in [1.165, 1.54) is 0 Å². The van der Waals surface area contributed by atoms with E-state index >= 15 is 0 Å². The van der Waals surface area contributed by atoms with Crippen LogP contribution in [-0.2, 0) is 11.8 Å². The van der Waals surface area contributed by atoms with Crippen LogP contribution in [0.3, 0.4) is 0 Å². The van der Waals surface area contributed by atoms with Crippen LogP contribution in [0.4, 0.5) is 0 Å². The standard InChI is InChI=1S/C10H18N4O/c1-14-10(9-12-13-14)5-3-4-6-11-7-8-15-2/h3,5,9,11H,4,6-8H2,1-2H3/b5-3+. The highest BCUT2D eigenvalue weighted by Crippen LogP contribution is 1.97. The van der Waals surface area contributed by atoms with E-state index in [1.807, 2.05) is 13.1 Å². The van der Waals surface area contributed by atoms with Gasteiger partial charge in [0.15, 0.2) is 0 Å². The maximum Gasteiger partial charge on any atom is 0.0806 e. The summed E-state index contributed by atoms with van der Waals surface area (Å²) in [6, 6.07) is 0. The lowest BCUT2D eigenvalue weighted by Gasteiger charge is -2.00. The van der Waals surface area contributed by atoms with Crippen molar-refractivity contribution in [3.63, 3.8) is 0 Å². The van der Waals surface area contributed by atoms with Gasteiger partial charge in [-0.05, 0) is 19.0 Å². The summed E-state index contributed by atoms with van der Waals surface area (Å²) >= 11 is 0. The molecule has 1 aromatic heterocycles. The average Bonchev–Trinajstić information content (AvgIpc) is 2.63. The quantitative estimate of drug-likeness (QED) is 0.664. The zero-order chi connectivity index (χ0) is 10.9. The van der Waals surface area contributed by atoms with Gasteiger partial charge in [0.2, 0.25) is 0 Å². The number of methoxy groups -OCH3 is 1. The van der Waals surface area contributed by atoms with E-state index in [0.717, 1.165) is 31.8 Å². The van der Waals surface area contributed by atoms with Gasteiger partial charge in [-0.1, -0.05) is 11.3 Å². The predicted octanol–water partition coefficient (Wildman–Crippen LogP) is 0.454. The van der Waals surface area contributed by atoms with Crippen LogP contribution in [0.1, 0.15) is 12.1 Å². The van der Waals surface area contributed by atoms with Crippen molar-refractivity contribution in [1.82, 2.24) is 20.3 Å². The van der Waals surface area contributed by atoms with Crippen LogP contribution in [0.2, 0.25) is 0 Å². The molecule has 15 heavy (non-hydrogen) atoms. The summed E-state index contributed by atoms with van der Waals surface area (Å²) in [5.41, 5.74) is 1.02. The minimum absolute atomic E-state index is 0.759. The summed E-state index contributed by atoms with van der Waals surface area (Å²) in [6.07, 6.45) is 6.88. The molecule has 0 amide bonds. The Morgan fingerprint density at radius 2 is 2.40 bits per heavy atom. The van der Waals surface area contributed by atoms with Crippen molar-refractivity contribution in [2.75, 3.05) is 26.8 Å². The van der Waals surface area contributed by atoms with Crippen molar-refractivity contribution < 1.29 is 4.74 Å². The lowest BCUT2D eigenvalue weighted by molar-refractivity contribution is 0.199. The number of nitrogens with zero attached hydrogens (tertiary/aromatic N) is 3. The third-order valence-corrected chi connectivity index (χ3v) is 2.01. The molecule has 1 aromatic rings. The molecule has 0 fully saturated rings. The van der Waals surface area contributed by atoms with E-state index < -0.39 is 0 Å². The molecule has 0 unspecified atom stereocenters. The summed E-state index contributed by atoms with van der Waals surface area (Å²) in [7, 11) is 3.58. The summed E-state index contributed by atoms with van der Waals surface area (Å²) in [5, 5.41) is 10.9. The minimum Gasteiger partial charge on any atom is -0.383 e. The van der Waals surface area contributed by atoms with Crippen molar-refractivity contribution in [3.05, 3.63) is 18.0 Å². The largest absolute Gasteiger partial charge is 0.383 e. The highest BCUT2D eigenvalue weighted by Gasteiger charge is 1.92. The van der Waals surface area contributed by atoms with E-state index in [-0.39, 0.29) is 0 Å².